The molecule has 4 N–H and O–H groups in total. The van der Waals surface area contributed by atoms with E-state index in [1.807, 2.05) is 88.4 Å². The second-order valence-corrected chi connectivity index (χ2v) is 15.3. The van der Waals surface area contributed by atoms with Crippen LogP contribution in [0.3, 0.4) is 0 Å². The molecule has 272 valence electrons. The van der Waals surface area contributed by atoms with Gasteiger partial charge in [-0.05, 0) is 77.3 Å². The van der Waals surface area contributed by atoms with Crippen LogP contribution in [0.2, 0.25) is 0 Å². The Balaban J connectivity index is 2.37. The first-order valence-electron chi connectivity index (χ1n) is 17.1. The monoisotopic (exact) mass is 682 g/mol. The van der Waals surface area contributed by atoms with Crippen LogP contribution in [0, 0.1) is 11.8 Å². The summed E-state index contributed by atoms with van der Waals surface area (Å²) in [5.41, 5.74) is 0.185. The first-order chi connectivity index (χ1) is 22.7. The number of aliphatic hydroxyl groups excluding tert-OH is 1. The molecule has 11 nitrogen and oxygen atoms in total. The molecule has 0 unspecified atom stereocenters. The SMILES string of the molecule is CC(C)C[C@@H](NC(=O)N(Cc1ccccc1)C[C@@H](O)[C@@H](Cc1ccccc1)NC(=O)OC(C)(C)C)C(=O)N[C@@H](C(=O)OC(C)(C)C)C(C)C. The van der Waals surface area contributed by atoms with Crippen LogP contribution in [0.1, 0.15) is 86.8 Å². The number of amides is 4. The Labute approximate surface area is 292 Å². The summed E-state index contributed by atoms with van der Waals surface area (Å²) in [7, 11) is 0. The van der Waals surface area contributed by atoms with Crippen LogP contribution in [0.15, 0.2) is 60.7 Å². The van der Waals surface area contributed by atoms with Crippen LogP contribution >= 0.6 is 0 Å². The van der Waals surface area contributed by atoms with Crippen LogP contribution in [0.5, 0.6) is 0 Å². The van der Waals surface area contributed by atoms with Crippen LogP contribution in [-0.2, 0) is 32.0 Å². The van der Waals surface area contributed by atoms with E-state index in [9.17, 15) is 24.3 Å². The molecule has 49 heavy (non-hydrogen) atoms. The van der Waals surface area contributed by atoms with Gasteiger partial charge in [0.25, 0.3) is 0 Å². The van der Waals surface area contributed by atoms with Gasteiger partial charge < -0.3 is 35.4 Å². The maximum atomic E-state index is 14.0. The minimum absolute atomic E-state index is 0.0246. The lowest BCUT2D eigenvalue weighted by Gasteiger charge is -2.33. The van der Waals surface area contributed by atoms with E-state index in [1.165, 1.54) is 4.90 Å². The Kier molecular flexibility index (Phi) is 15.6. The normalized spacial score (nSPS) is 14.3. The van der Waals surface area contributed by atoms with Gasteiger partial charge in [0.2, 0.25) is 5.91 Å². The molecule has 2 rings (SSSR count). The summed E-state index contributed by atoms with van der Waals surface area (Å²) in [4.78, 5) is 55.0. The highest BCUT2D eigenvalue weighted by atomic mass is 16.6. The minimum Gasteiger partial charge on any atom is -0.458 e. The number of nitrogens with zero attached hydrogens (tertiary/aromatic N) is 1. The molecule has 0 saturated heterocycles. The van der Waals surface area contributed by atoms with Gasteiger partial charge in [-0.15, -0.1) is 0 Å². The lowest BCUT2D eigenvalue weighted by molar-refractivity contribution is -0.160. The van der Waals surface area contributed by atoms with Crippen molar-refractivity contribution in [3.63, 3.8) is 0 Å². The van der Waals surface area contributed by atoms with Crippen molar-refractivity contribution in [2.24, 2.45) is 11.8 Å². The third-order valence-electron chi connectivity index (χ3n) is 7.32. The highest BCUT2D eigenvalue weighted by molar-refractivity contribution is 5.90. The van der Waals surface area contributed by atoms with Gasteiger partial charge in [0.05, 0.1) is 18.7 Å². The third-order valence-corrected chi connectivity index (χ3v) is 7.32. The van der Waals surface area contributed by atoms with Crippen molar-refractivity contribution in [1.82, 2.24) is 20.9 Å². The minimum atomic E-state index is -1.21. The van der Waals surface area contributed by atoms with Crippen molar-refractivity contribution < 1.29 is 33.8 Å². The molecule has 0 aliphatic heterocycles. The first kappa shape index (κ1) is 41.1. The molecule has 0 saturated carbocycles. The lowest BCUT2D eigenvalue weighted by Crippen LogP contribution is -2.57. The standard InChI is InChI=1S/C38H58N4O7/c1-25(2)21-30(33(44)41-32(26(3)4)34(45)48-37(5,6)7)39-35(46)42(23-28-19-15-12-16-20-28)24-31(43)29(22-27-17-13-11-14-18-27)40-36(47)49-38(8,9)10/h11-20,25-26,29-32,43H,21-24H2,1-10H3,(H,39,46)(H,40,47)(H,41,44)/t29-,30-,31-,32-/m1/s1. The molecule has 4 amide bonds. The van der Waals surface area contributed by atoms with Gasteiger partial charge in [0, 0.05) is 6.54 Å². The molecule has 0 aromatic heterocycles. The second kappa shape index (κ2) is 18.6. The van der Waals surface area contributed by atoms with Crippen molar-refractivity contribution >= 4 is 24.0 Å². The highest BCUT2D eigenvalue weighted by Crippen LogP contribution is 2.16. The molecule has 11 heteroatoms. The van der Waals surface area contributed by atoms with Crippen molar-refractivity contribution in [1.29, 1.82) is 0 Å². The molecule has 0 aliphatic rings. The number of hydrogen-bond donors (Lipinski definition) is 4. The van der Waals surface area contributed by atoms with Crippen molar-refractivity contribution in [3.8, 4) is 0 Å². The summed E-state index contributed by atoms with van der Waals surface area (Å²) in [6.45, 7) is 18.0. The zero-order valence-electron chi connectivity index (χ0n) is 30.9. The van der Waals surface area contributed by atoms with Crippen LogP contribution in [0.4, 0.5) is 9.59 Å². The number of aliphatic hydroxyl groups is 1. The van der Waals surface area contributed by atoms with Gasteiger partial charge >= 0.3 is 18.1 Å². The van der Waals surface area contributed by atoms with Gasteiger partial charge in [-0.2, -0.15) is 0 Å². The number of rotatable bonds is 15. The molecule has 4 atom stereocenters. The Hall–Kier alpha value is -4.12. The van der Waals surface area contributed by atoms with Crippen molar-refractivity contribution in [3.05, 3.63) is 71.8 Å². The molecular formula is C38H58N4O7. The van der Waals surface area contributed by atoms with E-state index in [1.54, 1.807) is 41.5 Å². The number of carbonyl (C=O) groups excluding carboxylic acids is 4. The smallest absolute Gasteiger partial charge is 0.407 e. The first-order valence-corrected chi connectivity index (χ1v) is 17.1. The summed E-state index contributed by atoms with van der Waals surface area (Å²) in [5, 5.41) is 20.1. The maximum Gasteiger partial charge on any atom is 0.407 e. The van der Waals surface area contributed by atoms with E-state index in [0.29, 0.717) is 6.42 Å². The third kappa shape index (κ3) is 15.8. The molecule has 2 aromatic rings. The topological polar surface area (TPSA) is 146 Å². The van der Waals surface area contributed by atoms with E-state index < -0.39 is 59.4 Å². The fourth-order valence-corrected chi connectivity index (χ4v) is 5.05. The number of benzene rings is 2. The number of hydrogen-bond acceptors (Lipinski definition) is 7. The Bertz CT molecular complexity index is 1340. The number of alkyl carbamates (subject to hydrolysis) is 1. The largest absolute Gasteiger partial charge is 0.458 e. The van der Waals surface area contributed by atoms with Gasteiger partial charge in [0.1, 0.15) is 23.3 Å². The zero-order valence-corrected chi connectivity index (χ0v) is 30.9. The molecule has 0 aliphatic carbocycles. The van der Waals surface area contributed by atoms with E-state index >= 15 is 0 Å². The average Bonchev–Trinajstić information content (AvgIpc) is 2.97. The summed E-state index contributed by atoms with van der Waals surface area (Å²) < 4.78 is 11.0. The van der Waals surface area contributed by atoms with Crippen LogP contribution < -0.4 is 16.0 Å². The Morgan fingerprint density at radius 1 is 0.755 bits per heavy atom. The number of esters is 1. The average molecular weight is 683 g/mol. The number of urea groups is 1. The van der Waals surface area contributed by atoms with E-state index in [4.69, 9.17) is 9.47 Å². The Morgan fingerprint density at radius 3 is 1.78 bits per heavy atom. The predicted octanol–water partition coefficient (Wildman–Crippen LogP) is 5.59. The second-order valence-electron chi connectivity index (χ2n) is 15.3. The summed E-state index contributed by atoms with van der Waals surface area (Å²) in [6, 6.07) is 15.4. The molecule has 0 bridgehead atoms. The summed E-state index contributed by atoms with van der Waals surface area (Å²) in [5.74, 6) is -1.31. The molecule has 2 aromatic carbocycles. The summed E-state index contributed by atoms with van der Waals surface area (Å²) in [6.07, 6.45) is -1.32. The van der Waals surface area contributed by atoms with Gasteiger partial charge in [0.15, 0.2) is 0 Å². The van der Waals surface area contributed by atoms with Crippen molar-refractivity contribution in [2.45, 2.75) is 124 Å². The van der Waals surface area contributed by atoms with Gasteiger partial charge in [-0.3, -0.25) is 4.79 Å². The number of ether oxygens (including phenoxy) is 2. The fourth-order valence-electron chi connectivity index (χ4n) is 5.05. The van der Waals surface area contributed by atoms with Gasteiger partial charge in [-0.1, -0.05) is 88.4 Å². The molecule has 0 fully saturated rings. The van der Waals surface area contributed by atoms with Crippen molar-refractivity contribution in [2.75, 3.05) is 6.54 Å². The fraction of sp³-hybridized carbons (Fsp3) is 0.579. The quantitative estimate of drug-likeness (QED) is 0.179. The molecule has 0 spiro atoms. The predicted molar refractivity (Wildman–Crippen MR) is 191 cm³/mol. The van der Waals surface area contributed by atoms with Crippen LogP contribution in [0.25, 0.3) is 0 Å². The maximum absolute atomic E-state index is 14.0. The Morgan fingerprint density at radius 2 is 1.29 bits per heavy atom. The number of carbonyl (C=O) groups is 4. The number of nitrogens with one attached hydrogen (secondary N) is 3. The van der Waals surface area contributed by atoms with Gasteiger partial charge in [-0.25, -0.2) is 14.4 Å². The highest BCUT2D eigenvalue weighted by Gasteiger charge is 2.34. The van der Waals surface area contributed by atoms with E-state index in [2.05, 4.69) is 16.0 Å². The molecular weight excluding hydrogens is 624 g/mol. The van der Waals surface area contributed by atoms with E-state index in [0.717, 1.165) is 11.1 Å². The molecule has 0 radical (unpaired) electrons. The van der Waals surface area contributed by atoms with E-state index in [-0.39, 0.29) is 31.3 Å². The van der Waals surface area contributed by atoms with Crippen LogP contribution in [-0.4, -0.2) is 76.0 Å². The zero-order chi connectivity index (χ0) is 36.9. The molecule has 0 heterocycles. The summed E-state index contributed by atoms with van der Waals surface area (Å²) >= 11 is 0. The lowest BCUT2D eigenvalue weighted by atomic mass is 10.00.